The van der Waals surface area contributed by atoms with E-state index in [4.69, 9.17) is 26.8 Å². The van der Waals surface area contributed by atoms with Crippen molar-refractivity contribution in [3.63, 3.8) is 0 Å². The van der Waals surface area contributed by atoms with E-state index in [0.29, 0.717) is 16.7 Å². The standard InChI is InChI=1S/C13H18ClNO2/c1-16-12-8-10(2-3-11(12)14)13(15)9-4-6-17-7-5-9/h2-3,8-9,13H,4-7,15H2,1H3/t13-/m0/s1. The lowest BCUT2D eigenvalue weighted by atomic mass is 9.88. The molecular formula is C13H18ClNO2. The van der Waals surface area contributed by atoms with Crippen LogP contribution >= 0.6 is 11.6 Å². The summed E-state index contributed by atoms with van der Waals surface area (Å²) < 4.78 is 10.6. The maximum absolute atomic E-state index is 6.29. The summed E-state index contributed by atoms with van der Waals surface area (Å²) in [5.41, 5.74) is 7.37. The van der Waals surface area contributed by atoms with Gasteiger partial charge >= 0.3 is 0 Å². The molecule has 3 nitrogen and oxygen atoms in total. The van der Waals surface area contributed by atoms with E-state index < -0.39 is 0 Å². The minimum Gasteiger partial charge on any atom is -0.495 e. The van der Waals surface area contributed by atoms with Crippen molar-refractivity contribution in [2.75, 3.05) is 20.3 Å². The van der Waals surface area contributed by atoms with E-state index in [9.17, 15) is 0 Å². The van der Waals surface area contributed by atoms with Gasteiger partial charge in [0.1, 0.15) is 5.75 Å². The van der Waals surface area contributed by atoms with E-state index in [-0.39, 0.29) is 6.04 Å². The van der Waals surface area contributed by atoms with Crippen LogP contribution in [0.2, 0.25) is 5.02 Å². The van der Waals surface area contributed by atoms with Gasteiger partial charge in [-0.15, -0.1) is 0 Å². The van der Waals surface area contributed by atoms with Crippen LogP contribution in [0.3, 0.4) is 0 Å². The largest absolute Gasteiger partial charge is 0.495 e. The van der Waals surface area contributed by atoms with Crippen LogP contribution in [0.1, 0.15) is 24.4 Å². The molecule has 0 spiro atoms. The van der Waals surface area contributed by atoms with Gasteiger partial charge in [0.2, 0.25) is 0 Å². The van der Waals surface area contributed by atoms with Crippen molar-refractivity contribution in [1.82, 2.24) is 0 Å². The van der Waals surface area contributed by atoms with Gasteiger partial charge in [-0.25, -0.2) is 0 Å². The molecule has 4 heteroatoms. The topological polar surface area (TPSA) is 44.5 Å². The number of nitrogens with two attached hydrogens (primary N) is 1. The molecular weight excluding hydrogens is 238 g/mol. The van der Waals surface area contributed by atoms with Gasteiger partial charge in [-0.2, -0.15) is 0 Å². The second-order valence-corrected chi connectivity index (χ2v) is 4.78. The molecule has 2 N–H and O–H groups in total. The van der Waals surface area contributed by atoms with Gasteiger partial charge in [-0.3, -0.25) is 0 Å². The molecule has 1 fully saturated rings. The molecule has 0 aliphatic carbocycles. The lowest BCUT2D eigenvalue weighted by Crippen LogP contribution is -2.27. The average molecular weight is 256 g/mol. The second-order valence-electron chi connectivity index (χ2n) is 4.37. The van der Waals surface area contributed by atoms with Crippen LogP contribution in [0.5, 0.6) is 5.75 Å². The van der Waals surface area contributed by atoms with Gasteiger partial charge < -0.3 is 15.2 Å². The molecule has 1 aliphatic heterocycles. The van der Waals surface area contributed by atoms with Crippen molar-refractivity contribution in [3.8, 4) is 5.75 Å². The first-order chi connectivity index (χ1) is 8.22. The fourth-order valence-corrected chi connectivity index (χ4v) is 2.43. The SMILES string of the molecule is COc1cc([C@@H](N)C2CCOCC2)ccc1Cl. The molecule has 0 unspecified atom stereocenters. The van der Waals surface area contributed by atoms with Crippen LogP contribution in [-0.2, 0) is 4.74 Å². The minimum absolute atomic E-state index is 0.0325. The van der Waals surface area contributed by atoms with Gasteiger partial charge in [-0.1, -0.05) is 17.7 Å². The quantitative estimate of drug-likeness (QED) is 0.903. The number of ether oxygens (including phenoxy) is 2. The number of hydrogen-bond donors (Lipinski definition) is 1. The Bertz CT molecular complexity index is 378. The number of rotatable bonds is 3. The number of benzene rings is 1. The summed E-state index contributed by atoms with van der Waals surface area (Å²) >= 11 is 6.00. The van der Waals surface area contributed by atoms with Gasteiger partial charge in [0, 0.05) is 19.3 Å². The number of methoxy groups -OCH3 is 1. The van der Waals surface area contributed by atoms with E-state index in [1.165, 1.54) is 0 Å². The first kappa shape index (κ1) is 12.7. The molecule has 0 bridgehead atoms. The summed E-state index contributed by atoms with van der Waals surface area (Å²) in [7, 11) is 1.62. The highest BCUT2D eigenvalue weighted by Crippen LogP contribution is 2.32. The van der Waals surface area contributed by atoms with Gasteiger partial charge in [0.25, 0.3) is 0 Å². The summed E-state index contributed by atoms with van der Waals surface area (Å²) in [6, 6.07) is 5.78. The van der Waals surface area contributed by atoms with E-state index >= 15 is 0 Å². The van der Waals surface area contributed by atoms with E-state index in [2.05, 4.69) is 0 Å². The number of hydrogen-bond acceptors (Lipinski definition) is 3. The summed E-state index contributed by atoms with van der Waals surface area (Å²) in [6.07, 6.45) is 2.04. The normalized spacial score (nSPS) is 19.0. The molecule has 1 aromatic rings. The summed E-state index contributed by atoms with van der Waals surface area (Å²) in [5.74, 6) is 1.17. The highest BCUT2D eigenvalue weighted by Gasteiger charge is 2.22. The van der Waals surface area contributed by atoms with Crippen LogP contribution in [0.4, 0.5) is 0 Å². The maximum atomic E-state index is 6.29. The second kappa shape index (κ2) is 5.71. The number of halogens is 1. The lowest BCUT2D eigenvalue weighted by Gasteiger charge is -2.28. The van der Waals surface area contributed by atoms with Crippen LogP contribution in [-0.4, -0.2) is 20.3 Å². The fourth-order valence-electron chi connectivity index (χ4n) is 2.23. The van der Waals surface area contributed by atoms with Gasteiger partial charge in [-0.05, 0) is 36.5 Å². The van der Waals surface area contributed by atoms with E-state index in [1.54, 1.807) is 7.11 Å². The predicted octanol–water partition coefficient (Wildman–Crippen LogP) is 2.78. The molecule has 0 amide bonds. The highest BCUT2D eigenvalue weighted by atomic mass is 35.5. The summed E-state index contributed by atoms with van der Waals surface area (Å²) in [6.45, 7) is 1.62. The van der Waals surface area contributed by atoms with Crippen LogP contribution in [0.15, 0.2) is 18.2 Å². The van der Waals surface area contributed by atoms with Crippen LogP contribution in [0.25, 0.3) is 0 Å². The van der Waals surface area contributed by atoms with Crippen LogP contribution < -0.4 is 10.5 Å². The Morgan fingerprint density at radius 2 is 2.12 bits per heavy atom. The van der Waals surface area contributed by atoms with Crippen molar-refractivity contribution in [1.29, 1.82) is 0 Å². The Kier molecular flexibility index (Phi) is 4.26. The van der Waals surface area contributed by atoms with Crippen molar-refractivity contribution in [3.05, 3.63) is 28.8 Å². The first-order valence-electron chi connectivity index (χ1n) is 5.89. The smallest absolute Gasteiger partial charge is 0.137 e. The molecule has 1 atom stereocenters. The molecule has 2 rings (SSSR count). The molecule has 1 heterocycles. The van der Waals surface area contributed by atoms with E-state index in [1.807, 2.05) is 18.2 Å². The Hall–Kier alpha value is -0.770. The summed E-state index contributed by atoms with van der Waals surface area (Å²) in [4.78, 5) is 0. The van der Waals surface area contributed by atoms with E-state index in [0.717, 1.165) is 31.6 Å². The Balaban J connectivity index is 2.15. The van der Waals surface area contributed by atoms with Crippen molar-refractivity contribution >= 4 is 11.6 Å². The van der Waals surface area contributed by atoms with Crippen molar-refractivity contribution in [2.45, 2.75) is 18.9 Å². The molecule has 1 saturated heterocycles. The molecule has 17 heavy (non-hydrogen) atoms. The fraction of sp³-hybridized carbons (Fsp3) is 0.538. The summed E-state index contributed by atoms with van der Waals surface area (Å²) in [5, 5.41) is 0.621. The van der Waals surface area contributed by atoms with Gasteiger partial charge in [0.15, 0.2) is 0 Å². The Morgan fingerprint density at radius 3 is 2.76 bits per heavy atom. The maximum Gasteiger partial charge on any atom is 0.137 e. The third-order valence-corrected chi connectivity index (χ3v) is 3.65. The average Bonchev–Trinajstić information content (AvgIpc) is 2.39. The third-order valence-electron chi connectivity index (χ3n) is 3.33. The van der Waals surface area contributed by atoms with Gasteiger partial charge in [0.05, 0.1) is 12.1 Å². The van der Waals surface area contributed by atoms with Crippen LogP contribution in [0, 0.1) is 5.92 Å². The molecule has 0 aromatic heterocycles. The molecule has 1 aliphatic rings. The lowest BCUT2D eigenvalue weighted by molar-refractivity contribution is 0.0583. The Morgan fingerprint density at radius 1 is 1.41 bits per heavy atom. The molecule has 0 saturated carbocycles. The third kappa shape index (κ3) is 2.92. The molecule has 1 aromatic carbocycles. The van der Waals surface area contributed by atoms with Crippen molar-refractivity contribution < 1.29 is 9.47 Å². The Labute approximate surface area is 107 Å². The minimum atomic E-state index is 0.0325. The molecule has 94 valence electrons. The van der Waals surface area contributed by atoms with Crippen molar-refractivity contribution in [2.24, 2.45) is 11.7 Å². The zero-order chi connectivity index (χ0) is 12.3. The predicted molar refractivity (Wildman–Crippen MR) is 68.5 cm³/mol. The zero-order valence-corrected chi connectivity index (χ0v) is 10.7. The zero-order valence-electron chi connectivity index (χ0n) is 9.99. The molecule has 0 radical (unpaired) electrons. The highest BCUT2D eigenvalue weighted by molar-refractivity contribution is 6.32. The monoisotopic (exact) mass is 255 g/mol. The first-order valence-corrected chi connectivity index (χ1v) is 6.27.